The van der Waals surface area contributed by atoms with Crippen LogP contribution in [0.4, 0.5) is 4.39 Å². The molecule has 152 valence electrons. The van der Waals surface area contributed by atoms with Crippen LogP contribution in [0.25, 0.3) is 0 Å². The first kappa shape index (κ1) is 22.1. The van der Waals surface area contributed by atoms with E-state index in [-0.39, 0.29) is 47.5 Å². The Morgan fingerprint density at radius 1 is 1.15 bits per heavy atom. The van der Waals surface area contributed by atoms with Crippen molar-refractivity contribution in [2.75, 3.05) is 32.7 Å². The van der Waals surface area contributed by atoms with Crippen LogP contribution in [0.2, 0.25) is 5.02 Å². The molecule has 0 radical (unpaired) electrons. The molecular weight excluding hydrogens is 393 g/mol. The fraction of sp³-hybridized carbons (Fsp3) is 0.611. The van der Waals surface area contributed by atoms with Crippen molar-refractivity contribution in [1.29, 1.82) is 0 Å². The summed E-state index contributed by atoms with van der Waals surface area (Å²) in [5, 5.41) is -0.220. The maximum absolute atomic E-state index is 13.3. The predicted molar refractivity (Wildman–Crippen MR) is 104 cm³/mol. The highest BCUT2D eigenvalue weighted by Crippen LogP contribution is 2.23. The Kier molecular flexibility index (Phi) is 7.24. The lowest BCUT2D eigenvalue weighted by molar-refractivity contribution is -0.136. The van der Waals surface area contributed by atoms with Gasteiger partial charge in [-0.15, -0.1) is 0 Å². The van der Waals surface area contributed by atoms with Crippen LogP contribution in [0.3, 0.4) is 0 Å². The van der Waals surface area contributed by atoms with E-state index in [2.05, 4.69) is 0 Å². The molecule has 0 saturated carbocycles. The number of hydrogen-bond acceptors (Lipinski definition) is 4. The van der Waals surface area contributed by atoms with Gasteiger partial charge in [-0.05, 0) is 45.9 Å². The number of piperazine rings is 1. The van der Waals surface area contributed by atoms with Crippen molar-refractivity contribution in [3.05, 3.63) is 29.0 Å². The van der Waals surface area contributed by atoms with Crippen molar-refractivity contribution in [2.24, 2.45) is 0 Å². The molecule has 27 heavy (non-hydrogen) atoms. The van der Waals surface area contributed by atoms with Gasteiger partial charge in [-0.1, -0.05) is 11.6 Å². The molecule has 1 fully saturated rings. The summed E-state index contributed by atoms with van der Waals surface area (Å²) in [6.45, 7) is 9.67. The highest BCUT2D eigenvalue weighted by atomic mass is 35.5. The van der Waals surface area contributed by atoms with E-state index in [0.717, 1.165) is 12.1 Å². The molecule has 0 spiro atoms. The zero-order valence-corrected chi connectivity index (χ0v) is 17.7. The van der Waals surface area contributed by atoms with Crippen LogP contribution in [0.1, 0.15) is 27.7 Å². The molecule has 1 aliphatic heterocycles. The molecule has 0 unspecified atom stereocenters. The van der Waals surface area contributed by atoms with Crippen molar-refractivity contribution in [3.63, 3.8) is 0 Å². The Bertz CT molecular complexity index is 770. The normalized spacial score (nSPS) is 16.9. The molecule has 0 aromatic heterocycles. The maximum atomic E-state index is 13.3. The Labute approximate surface area is 165 Å². The van der Waals surface area contributed by atoms with Gasteiger partial charge in [0.2, 0.25) is 15.9 Å². The number of amides is 1. The lowest BCUT2D eigenvalue weighted by Gasteiger charge is -2.36. The van der Waals surface area contributed by atoms with Crippen LogP contribution >= 0.6 is 11.6 Å². The van der Waals surface area contributed by atoms with E-state index in [4.69, 9.17) is 11.6 Å². The Morgan fingerprint density at radius 3 is 2.19 bits per heavy atom. The van der Waals surface area contributed by atoms with Crippen LogP contribution in [0.15, 0.2) is 23.1 Å². The second-order valence-electron chi connectivity index (χ2n) is 7.24. The van der Waals surface area contributed by atoms with Gasteiger partial charge in [0.1, 0.15) is 5.82 Å². The number of carbonyl (C=O) groups is 1. The molecule has 1 heterocycles. The number of benzene rings is 1. The quantitative estimate of drug-likeness (QED) is 0.710. The van der Waals surface area contributed by atoms with E-state index in [9.17, 15) is 17.6 Å². The van der Waals surface area contributed by atoms with E-state index in [0.29, 0.717) is 13.1 Å². The topological polar surface area (TPSA) is 60.9 Å². The molecule has 1 amide bonds. The fourth-order valence-corrected chi connectivity index (χ4v) is 5.05. The zero-order valence-electron chi connectivity index (χ0n) is 16.2. The first-order valence-electron chi connectivity index (χ1n) is 9.02. The van der Waals surface area contributed by atoms with Gasteiger partial charge in [0, 0.05) is 38.3 Å². The molecule has 0 aliphatic carbocycles. The SMILES string of the molecule is CC(C)N(C(=O)CN1CCN(S(=O)(=O)c2ccc(F)c(Cl)c2)CC1)C(C)C. The second-order valence-corrected chi connectivity index (χ2v) is 9.59. The van der Waals surface area contributed by atoms with Gasteiger partial charge in [-0.25, -0.2) is 12.8 Å². The number of sulfonamides is 1. The highest BCUT2D eigenvalue weighted by molar-refractivity contribution is 7.89. The summed E-state index contributed by atoms with van der Waals surface area (Å²) in [4.78, 5) is 16.3. The number of nitrogens with zero attached hydrogens (tertiary/aromatic N) is 3. The van der Waals surface area contributed by atoms with Gasteiger partial charge < -0.3 is 4.90 Å². The third kappa shape index (κ3) is 5.19. The highest BCUT2D eigenvalue weighted by Gasteiger charge is 2.30. The van der Waals surface area contributed by atoms with Crippen LogP contribution in [-0.4, -0.2) is 73.2 Å². The van der Waals surface area contributed by atoms with Crippen molar-refractivity contribution >= 4 is 27.5 Å². The largest absolute Gasteiger partial charge is 0.337 e. The summed E-state index contributed by atoms with van der Waals surface area (Å²) in [5.41, 5.74) is 0. The Balaban J connectivity index is 2.00. The Morgan fingerprint density at radius 2 is 1.70 bits per heavy atom. The van der Waals surface area contributed by atoms with E-state index in [1.165, 1.54) is 10.4 Å². The lowest BCUT2D eigenvalue weighted by atomic mass is 10.2. The van der Waals surface area contributed by atoms with Crippen molar-refractivity contribution in [2.45, 2.75) is 44.7 Å². The summed E-state index contributed by atoms with van der Waals surface area (Å²) in [5.74, 6) is -0.611. The summed E-state index contributed by atoms with van der Waals surface area (Å²) < 4.78 is 40.1. The monoisotopic (exact) mass is 419 g/mol. The van der Waals surface area contributed by atoms with Gasteiger partial charge in [0.05, 0.1) is 16.5 Å². The maximum Gasteiger partial charge on any atom is 0.243 e. The molecule has 1 aromatic rings. The second kappa shape index (κ2) is 8.86. The molecule has 2 rings (SSSR count). The van der Waals surface area contributed by atoms with E-state index in [1.54, 1.807) is 0 Å². The molecule has 6 nitrogen and oxygen atoms in total. The molecule has 0 bridgehead atoms. The van der Waals surface area contributed by atoms with Gasteiger partial charge in [-0.2, -0.15) is 4.31 Å². The third-order valence-corrected chi connectivity index (χ3v) is 6.80. The van der Waals surface area contributed by atoms with Gasteiger partial charge in [0.15, 0.2) is 0 Å². The standard InChI is InChI=1S/C18H27ClFN3O3S/c1-13(2)23(14(3)4)18(24)12-21-7-9-22(10-8-21)27(25,26)15-5-6-17(20)16(19)11-15/h5-6,11,13-14H,7-10,12H2,1-4H3. The van der Waals surface area contributed by atoms with Gasteiger partial charge in [-0.3, -0.25) is 9.69 Å². The van der Waals surface area contributed by atoms with Gasteiger partial charge in [0.25, 0.3) is 0 Å². The van der Waals surface area contributed by atoms with E-state index >= 15 is 0 Å². The van der Waals surface area contributed by atoms with Crippen LogP contribution in [0.5, 0.6) is 0 Å². The minimum atomic E-state index is -3.74. The minimum absolute atomic E-state index is 0.0239. The summed E-state index contributed by atoms with van der Waals surface area (Å²) in [6, 6.07) is 3.63. The van der Waals surface area contributed by atoms with Crippen LogP contribution < -0.4 is 0 Å². The minimum Gasteiger partial charge on any atom is -0.337 e. The first-order chi connectivity index (χ1) is 12.5. The number of hydrogen-bond donors (Lipinski definition) is 0. The molecule has 1 aliphatic rings. The van der Waals surface area contributed by atoms with Crippen LogP contribution in [0, 0.1) is 5.82 Å². The Hall–Kier alpha value is -1.22. The van der Waals surface area contributed by atoms with Gasteiger partial charge >= 0.3 is 0 Å². The fourth-order valence-electron chi connectivity index (χ4n) is 3.36. The molecule has 0 atom stereocenters. The van der Waals surface area contributed by atoms with Crippen molar-refractivity contribution in [3.8, 4) is 0 Å². The number of carbonyl (C=O) groups excluding carboxylic acids is 1. The average Bonchev–Trinajstić information content (AvgIpc) is 2.57. The van der Waals surface area contributed by atoms with Crippen molar-refractivity contribution < 1.29 is 17.6 Å². The number of halogens is 2. The summed E-state index contributed by atoms with van der Waals surface area (Å²) in [6.07, 6.45) is 0. The molecule has 0 N–H and O–H groups in total. The third-order valence-electron chi connectivity index (χ3n) is 4.62. The van der Waals surface area contributed by atoms with Crippen LogP contribution in [-0.2, 0) is 14.8 Å². The van der Waals surface area contributed by atoms with E-state index < -0.39 is 15.8 Å². The summed E-state index contributed by atoms with van der Waals surface area (Å²) in [7, 11) is -3.74. The molecule has 9 heteroatoms. The predicted octanol–water partition coefficient (Wildman–Crippen LogP) is 2.43. The zero-order chi connectivity index (χ0) is 20.4. The van der Waals surface area contributed by atoms with E-state index in [1.807, 2.05) is 37.5 Å². The van der Waals surface area contributed by atoms with Crippen molar-refractivity contribution in [1.82, 2.24) is 14.1 Å². The molecule has 1 saturated heterocycles. The smallest absolute Gasteiger partial charge is 0.243 e. The average molecular weight is 420 g/mol. The number of rotatable bonds is 6. The lowest BCUT2D eigenvalue weighted by Crippen LogP contribution is -2.53. The first-order valence-corrected chi connectivity index (χ1v) is 10.8. The molecular formula is C18H27ClFN3O3S. The molecule has 1 aromatic carbocycles. The summed E-state index contributed by atoms with van der Waals surface area (Å²) >= 11 is 5.71.